The zero-order valence-corrected chi connectivity index (χ0v) is 8.22. The Morgan fingerprint density at radius 1 is 1.60 bits per heavy atom. The molecule has 15 heavy (non-hydrogen) atoms. The fourth-order valence-corrected chi connectivity index (χ4v) is 1.38. The molecule has 0 saturated heterocycles. The van der Waals surface area contributed by atoms with E-state index < -0.39 is 10.8 Å². The first-order valence-electron chi connectivity index (χ1n) is 4.45. The molecule has 0 saturated carbocycles. The highest BCUT2D eigenvalue weighted by Gasteiger charge is 2.21. The van der Waals surface area contributed by atoms with Crippen LogP contribution in [0.3, 0.4) is 0 Å². The number of aliphatic hydroxyl groups excluding tert-OH is 1. The van der Waals surface area contributed by atoms with Gasteiger partial charge in [0.25, 0.3) is 5.69 Å². The predicted octanol–water partition coefficient (Wildman–Crippen LogP) is 2.15. The summed E-state index contributed by atoms with van der Waals surface area (Å²) in [5, 5.41) is 19.8. The molecule has 1 N–H and O–H groups in total. The largest absolute Gasteiger partial charge is 0.396 e. The van der Waals surface area contributed by atoms with Gasteiger partial charge in [0.1, 0.15) is 0 Å². The summed E-state index contributed by atoms with van der Waals surface area (Å²) < 4.78 is 0. The summed E-state index contributed by atoms with van der Waals surface area (Å²) in [6, 6.07) is 4.89. The molecule has 4 heteroatoms. The van der Waals surface area contributed by atoms with Crippen LogP contribution in [0.5, 0.6) is 0 Å². The van der Waals surface area contributed by atoms with Crippen molar-refractivity contribution >= 4 is 11.8 Å². The molecule has 0 heterocycles. The molecule has 4 nitrogen and oxygen atoms in total. The first-order valence-corrected chi connectivity index (χ1v) is 4.45. The summed E-state index contributed by atoms with van der Waals surface area (Å²) in [4.78, 5) is 10.4. The minimum Gasteiger partial charge on any atom is -0.396 e. The lowest BCUT2D eigenvalue weighted by molar-refractivity contribution is -0.385. The minimum atomic E-state index is -0.495. The van der Waals surface area contributed by atoms with Gasteiger partial charge in [-0.05, 0) is 13.0 Å². The summed E-state index contributed by atoms with van der Waals surface area (Å²) in [6.07, 6.45) is 1.42. The molecule has 1 aromatic carbocycles. The third-order valence-electron chi connectivity index (χ3n) is 2.16. The molecule has 0 amide bonds. The average molecular weight is 206 g/mol. The second-order valence-corrected chi connectivity index (χ2v) is 3.13. The van der Waals surface area contributed by atoms with Crippen LogP contribution in [0.25, 0.3) is 6.08 Å². The Bertz CT molecular complexity index is 387. The number of nitro benzene ring substituents is 1. The number of nitrogens with zero attached hydrogens (tertiary/aromatic N) is 1. The predicted molar refractivity (Wildman–Crippen MR) is 58.4 cm³/mol. The second-order valence-electron chi connectivity index (χ2n) is 3.13. The number of aliphatic hydroxyl groups is 1. The van der Waals surface area contributed by atoms with Crippen LogP contribution in [0.2, 0.25) is 0 Å². The Hall–Kier alpha value is -1.68. The van der Waals surface area contributed by atoms with Crippen molar-refractivity contribution < 1.29 is 10.0 Å². The molecule has 1 unspecified atom stereocenters. The van der Waals surface area contributed by atoms with Crippen molar-refractivity contribution in [2.24, 2.45) is 0 Å². The van der Waals surface area contributed by atoms with Gasteiger partial charge in [0, 0.05) is 11.5 Å². The van der Waals surface area contributed by atoms with Crippen LogP contribution in [0.15, 0.2) is 24.8 Å². The number of rotatable bonds is 4. The fraction of sp³-hybridized carbons (Fsp3) is 0.182. The molecule has 0 spiro atoms. The Morgan fingerprint density at radius 2 is 2.27 bits per heavy atom. The molecule has 79 valence electrons. The Balaban J connectivity index is 3.37. The topological polar surface area (TPSA) is 63.4 Å². The molecule has 0 aliphatic rings. The van der Waals surface area contributed by atoms with Crippen molar-refractivity contribution in [1.82, 2.24) is 0 Å². The van der Waals surface area contributed by atoms with Gasteiger partial charge in [0.2, 0.25) is 0 Å². The Kier molecular flexibility index (Phi) is 3.57. The fourth-order valence-electron chi connectivity index (χ4n) is 1.38. The first-order chi connectivity index (χ1) is 7.11. The van der Waals surface area contributed by atoms with Gasteiger partial charge in [-0.1, -0.05) is 24.8 Å². The number of nitro groups is 1. The van der Waals surface area contributed by atoms with Crippen LogP contribution in [0.1, 0.15) is 17.0 Å². The van der Waals surface area contributed by atoms with E-state index in [9.17, 15) is 10.1 Å². The van der Waals surface area contributed by atoms with E-state index in [0.717, 1.165) is 0 Å². The lowest BCUT2D eigenvalue weighted by atomic mass is 9.97. The van der Waals surface area contributed by atoms with Crippen molar-refractivity contribution in [3.63, 3.8) is 0 Å². The summed E-state index contributed by atoms with van der Waals surface area (Å²) in [6.45, 7) is 6.95. The van der Waals surface area contributed by atoms with E-state index in [1.54, 1.807) is 18.2 Å². The third kappa shape index (κ3) is 2.22. The normalized spacial score (nSPS) is 12.1. The van der Waals surface area contributed by atoms with Gasteiger partial charge < -0.3 is 5.11 Å². The Labute approximate surface area is 88.0 Å². The van der Waals surface area contributed by atoms with Gasteiger partial charge in [0.05, 0.1) is 17.1 Å². The van der Waals surface area contributed by atoms with E-state index in [-0.39, 0.29) is 12.3 Å². The maximum absolute atomic E-state index is 10.9. The lowest BCUT2D eigenvalue weighted by Gasteiger charge is -2.10. The average Bonchev–Trinajstić information content (AvgIpc) is 2.26. The van der Waals surface area contributed by atoms with Crippen molar-refractivity contribution in [3.05, 3.63) is 52.9 Å². The summed E-state index contributed by atoms with van der Waals surface area (Å²) in [5.74, 6) is -0.495. The van der Waals surface area contributed by atoms with Crippen LogP contribution in [-0.4, -0.2) is 16.6 Å². The van der Waals surface area contributed by atoms with Crippen LogP contribution >= 0.6 is 0 Å². The lowest BCUT2D eigenvalue weighted by Crippen LogP contribution is -2.05. The molecule has 0 aliphatic carbocycles. The van der Waals surface area contributed by atoms with Crippen molar-refractivity contribution in [3.8, 4) is 0 Å². The van der Waals surface area contributed by atoms with Gasteiger partial charge in [-0.25, -0.2) is 0 Å². The second kappa shape index (κ2) is 4.70. The van der Waals surface area contributed by atoms with Crippen molar-refractivity contribution in [2.75, 3.05) is 6.61 Å². The van der Waals surface area contributed by atoms with E-state index in [1.165, 1.54) is 6.08 Å². The maximum Gasteiger partial charge on any atom is 0.280 e. The maximum atomic E-state index is 10.9. The van der Waals surface area contributed by atoms with Crippen molar-refractivity contribution in [1.29, 1.82) is 0 Å². The SMILES string of the molecule is [CH2]C(CO)c1cccc(C=C)c1[N+](=O)[O-]. The van der Waals surface area contributed by atoms with Crippen molar-refractivity contribution in [2.45, 2.75) is 5.92 Å². The number of hydrogen-bond donors (Lipinski definition) is 1. The molecule has 1 rings (SSSR count). The molecule has 0 bridgehead atoms. The minimum absolute atomic E-state index is 0.0263. The van der Waals surface area contributed by atoms with Gasteiger partial charge in [0.15, 0.2) is 0 Å². The number of para-hydroxylation sites is 1. The van der Waals surface area contributed by atoms with Crippen LogP contribution < -0.4 is 0 Å². The summed E-state index contributed by atoms with van der Waals surface area (Å²) in [7, 11) is 0. The molecule has 1 radical (unpaired) electrons. The van der Waals surface area contributed by atoms with Gasteiger partial charge >= 0.3 is 0 Å². The highest BCUT2D eigenvalue weighted by molar-refractivity contribution is 5.63. The van der Waals surface area contributed by atoms with Gasteiger partial charge in [-0.2, -0.15) is 0 Å². The standard InChI is InChI=1S/C11H12NO3/c1-3-9-5-4-6-10(8(2)7-13)11(9)12(14)15/h3-6,8,13H,1-2,7H2. The van der Waals surface area contributed by atoms with E-state index in [1.807, 2.05) is 0 Å². The van der Waals surface area contributed by atoms with E-state index >= 15 is 0 Å². The molecule has 0 aliphatic heterocycles. The molecule has 0 fully saturated rings. The van der Waals surface area contributed by atoms with E-state index in [4.69, 9.17) is 5.11 Å². The number of hydrogen-bond acceptors (Lipinski definition) is 3. The van der Waals surface area contributed by atoms with Gasteiger partial charge in [-0.3, -0.25) is 10.1 Å². The molecule has 0 aromatic heterocycles. The van der Waals surface area contributed by atoms with Crippen LogP contribution in [0.4, 0.5) is 5.69 Å². The first kappa shape index (κ1) is 11.4. The molecular weight excluding hydrogens is 194 g/mol. The summed E-state index contributed by atoms with van der Waals surface area (Å²) >= 11 is 0. The Morgan fingerprint density at radius 3 is 2.73 bits per heavy atom. The van der Waals surface area contributed by atoms with Gasteiger partial charge in [-0.15, -0.1) is 0 Å². The third-order valence-corrected chi connectivity index (χ3v) is 2.16. The molecular formula is C11H12NO3. The number of benzene rings is 1. The molecule has 1 atom stereocenters. The van der Waals surface area contributed by atoms with Crippen LogP contribution in [0, 0.1) is 17.0 Å². The van der Waals surface area contributed by atoms with E-state index in [2.05, 4.69) is 13.5 Å². The molecule has 1 aromatic rings. The highest BCUT2D eigenvalue weighted by atomic mass is 16.6. The quantitative estimate of drug-likeness (QED) is 0.606. The van der Waals surface area contributed by atoms with Crippen LogP contribution in [-0.2, 0) is 0 Å². The summed E-state index contributed by atoms with van der Waals surface area (Å²) in [5.41, 5.74) is 0.848. The van der Waals surface area contributed by atoms with E-state index in [0.29, 0.717) is 11.1 Å². The zero-order chi connectivity index (χ0) is 11.4. The zero-order valence-electron chi connectivity index (χ0n) is 8.22. The monoisotopic (exact) mass is 206 g/mol. The smallest absolute Gasteiger partial charge is 0.280 e. The highest BCUT2D eigenvalue weighted by Crippen LogP contribution is 2.30.